The van der Waals surface area contributed by atoms with Crippen LogP contribution in [0.3, 0.4) is 0 Å². The van der Waals surface area contributed by atoms with Gasteiger partial charge in [-0.05, 0) is 31.5 Å². The van der Waals surface area contributed by atoms with Crippen LogP contribution in [0, 0.1) is 19.7 Å². The number of aromatic nitrogens is 2. The Morgan fingerprint density at radius 2 is 1.94 bits per heavy atom. The van der Waals surface area contributed by atoms with Crippen LogP contribution in [0.4, 0.5) is 4.39 Å². The Balaban J connectivity index is 2.79. The molecule has 2 rings (SSSR count). The van der Waals surface area contributed by atoms with Gasteiger partial charge in [0.1, 0.15) is 5.82 Å². The summed E-state index contributed by atoms with van der Waals surface area (Å²) in [6, 6.07) is 4.09. The van der Waals surface area contributed by atoms with Crippen LogP contribution < -0.4 is 11.2 Å². The predicted molar refractivity (Wildman–Crippen MR) is 63.8 cm³/mol. The third-order valence-corrected chi connectivity index (χ3v) is 2.72. The van der Waals surface area contributed by atoms with E-state index in [1.807, 2.05) is 4.98 Å². The average molecular weight is 250 g/mol. The molecule has 0 saturated heterocycles. The molecule has 0 bridgehead atoms. The van der Waals surface area contributed by atoms with Gasteiger partial charge >= 0.3 is 5.69 Å². The van der Waals surface area contributed by atoms with E-state index >= 15 is 0 Å². The molecule has 0 spiro atoms. The average Bonchev–Trinajstić information content (AvgIpc) is 2.31. The highest BCUT2D eigenvalue weighted by Crippen LogP contribution is 2.17. The molecule has 0 saturated carbocycles. The van der Waals surface area contributed by atoms with Gasteiger partial charge in [0.25, 0.3) is 5.56 Å². The number of rotatable bonds is 1. The van der Waals surface area contributed by atoms with Crippen molar-refractivity contribution in [2.24, 2.45) is 0 Å². The highest BCUT2D eigenvalue weighted by molar-refractivity contribution is 5.39. The lowest BCUT2D eigenvalue weighted by Crippen LogP contribution is -2.30. The fourth-order valence-electron chi connectivity index (χ4n) is 1.57. The number of halogens is 1. The molecule has 1 aromatic heterocycles. The fraction of sp³-hybridized carbons (Fsp3) is 0.167. The first-order valence-electron chi connectivity index (χ1n) is 5.23. The molecule has 2 N–H and O–H groups in total. The normalized spacial score (nSPS) is 10.6. The number of aryl methyl sites for hydroxylation is 1. The highest BCUT2D eigenvalue weighted by atomic mass is 19.1. The molecule has 1 aromatic carbocycles. The summed E-state index contributed by atoms with van der Waals surface area (Å²) in [5, 5.41) is 9.79. The predicted octanol–water partition coefficient (Wildman–Crippen LogP) is 0.987. The lowest BCUT2D eigenvalue weighted by atomic mass is 10.2. The Morgan fingerprint density at radius 3 is 2.56 bits per heavy atom. The summed E-state index contributed by atoms with van der Waals surface area (Å²) in [4.78, 5) is 24.9. The Kier molecular flexibility index (Phi) is 2.78. The number of nitrogens with one attached hydrogen (secondary N) is 1. The Hall–Kier alpha value is -2.37. The van der Waals surface area contributed by atoms with Crippen LogP contribution in [0.5, 0.6) is 5.88 Å². The van der Waals surface area contributed by atoms with Crippen LogP contribution in [0.2, 0.25) is 0 Å². The van der Waals surface area contributed by atoms with E-state index in [4.69, 9.17) is 0 Å². The van der Waals surface area contributed by atoms with E-state index in [0.717, 1.165) is 10.6 Å². The summed E-state index contributed by atoms with van der Waals surface area (Å²) >= 11 is 0. The zero-order valence-electron chi connectivity index (χ0n) is 9.82. The van der Waals surface area contributed by atoms with Crippen LogP contribution in [0.1, 0.15) is 11.1 Å². The van der Waals surface area contributed by atoms with Gasteiger partial charge in [-0.2, -0.15) is 0 Å². The van der Waals surface area contributed by atoms with E-state index < -0.39 is 22.9 Å². The molecule has 0 aliphatic heterocycles. The minimum Gasteiger partial charge on any atom is -0.494 e. The summed E-state index contributed by atoms with van der Waals surface area (Å²) in [5.74, 6) is -0.991. The largest absolute Gasteiger partial charge is 0.494 e. The van der Waals surface area contributed by atoms with Crippen LogP contribution in [0.15, 0.2) is 27.8 Å². The minimum absolute atomic E-state index is 0.00409. The van der Waals surface area contributed by atoms with Gasteiger partial charge < -0.3 is 5.11 Å². The zero-order chi connectivity index (χ0) is 13.4. The molecule has 5 nitrogen and oxygen atoms in total. The molecule has 0 atom stereocenters. The smallest absolute Gasteiger partial charge is 0.335 e. The summed E-state index contributed by atoms with van der Waals surface area (Å²) in [7, 11) is 0. The van der Waals surface area contributed by atoms with Crippen molar-refractivity contribution in [3.8, 4) is 11.6 Å². The molecule has 0 amide bonds. The van der Waals surface area contributed by atoms with Crippen molar-refractivity contribution >= 4 is 0 Å². The van der Waals surface area contributed by atoms with E-state index in [1.54, 1.807) is 6.92 Å². The van der Waals surface area contributed by atoms with Crippen molar-refractivity contribution in [2.75, 3.05) is 0 Å². The number of hydrogen-bond acceptors (Lipinski definition) is 3. The minimum atomic E-state index is -0.814. The Labute approximate surface area is 101 Å². The first kappa shape index (κ1) is 12.1. The molecular weight excluding hydrogens is 239 g/mol. The van der Waals surface area contributed by atoms with Crippen LogP contribution in [-0.4, -0.2) is 14.7 Å². The van der Waals surface area contributed by atoms with Crippen molar-refractivity contribution in [3.05, 3.63) is 56.0 Å². The van der Waals surface area contributed by atoms with Crippen molar-refractivity contribution in [1.82, 2.24) is 9.55 Å². The van der Waals surface area contributed by atoms with Gasteiger partial charge in [0.2, 0.25) is 5.88 Å². The summed E-state index contributed by atoms with van der Waals surface area (Å²) in [5.41, 5.74) is -0.907. The number of aromatic amines is 1. The second-order valence-corrected chi connectivity index (χ2v) is 3.98. The van der Waals surface area contributed by atoms with Crippen molar-refractivity contribution in [2.45, 2.75) is 13.8 Å². The molecule has 2 aromatic rings. The third-order valence-electron chi connectivity index (χ3n) is 2.72. The first-order valence-corrected chi connectivity index (χ1v) is 5.23. The molecule has 0 unspecified atom stereocenters. The fourth-order valence-corrected chi connectivity index (χ4v) is 1.57. The maximum atomic E-state index is 13.4. The lowest BCUT2D eigenvalue weighted by molar-refractivity contribution is 0.426. The van der Waals surface area contributed by atoms with Crippen LogP contribution >= 0.6 is 0 Å². The molecule has 18 heavy (non-hydrogen) atoms. The van der Waals surface area contributed by atoms with Crippen LogP contribution in [0.25, 0.3) is 5.69 Å². The molecular formula is C12H11FN2O3. The molecule has 94 valence electrons. The number of hydrogen-bond donors (Lipinski definition) is 2. The monoisotopic (exact) mass is 250 g/mol. The van der Waals surface area contributed by atoms with Crippen molar-refractivity contribution < 1.29 is 9.50 Å². The lowest BCUT2D eigenvalue weighted by Gasteiger charge is -2.10. The topological polar surface area (TPSA) is 75.1 Å². The number of benzene rings is 1. The second-order valence-electron chi connectivity index (χ2n) is 3.98. The first-order chi connectivity index (χ1) is 8.41. The van der Waals surface area contributed by atoms with Crippen molar-refractivity contribution in [1.29, 1.82) is 0 Å². The molecule has 0 aliphatic carbocycles. The second kappa shape index (κ2) is 4.14. The Bertz CT molecular complexity index is 731. The van der Waals surface area contributed by atoms with E-state index in [0.29, 0.717) is 5.56 Å². The standard InChI is InChI=1S/C12H11FN2O3/c1-6-3-4-8(5-9(6)13)15-11(17)7(2)10(16)14-12(15)18/h3-5,17H,1-2H3,(H,14,16,18). The van der Waals surface area contributed by atoms with E-state index in [1.165, 1.54) is 19.1 Å². The number of H-pyrrole nitrogens is 1. The molecule has 6 heteroatoms. The number of nitrogens with zero attached hydrogens (tertiary/aromatic N) is 1. The zero-order valence-corrected chi connectivity index (χ0v) is 9.82. The SMILES string of the molecule is Cc1ccc(-n2c(O)c(C)c(=O)[nH]c2=O)cc1F. The van der Waals surface area contributed by atoms with Gasteiger partial charge in [-0.3, -0.25) is 9.78 Å². The van der Waals surface area contributed by atoms with E-state index in [9.17, 15) is 19.1 Å². The van der Waals surface area contributed by atoms with Gasteiger partial charge in [0.05, 0.1) is 11.3 Å². The van der Waals surface area contributed by atoms with Gasteiger partial charge in [-0.1, -0.05) is 6.07 Å². The summed E-state index contributed by atoms with van der Waals surface area (Å²) in [6.45, 7) is 2.95. The summed E-state index contributed by atoms with van der Waals surface area (Å²) < 4.78 is 14.3. The highest BCUT2D eigenvalue weighted by Gasteiger charge is 2.12. The maximum absolute atomic E-state index is 13.4. The van der Waals surface area contributed by atoms with Gasteiger partial charge in [0, 0.05) is 0 Å². The Morgan fingerprint density at radius 1 is 1.28 bits per heavy atom. The van der Waals surface area contributed by atoms with Gasteiger partial charge in [-0.15, -0.1) is 0 Å². The summed E-state index contributed by atoms with van der Waals surface area (Å²) in [6.07, 6.45) is 0. The van der Waals surface area contributed by atoms with Gasteiger partial charge in [0.15, 0.2) is 0 Å². The molecule has 0 radical (unpaired) electrons. The number of aromatic hydroxyl groups is 1. The third kappa shape index (κ3) is 1.81. The molecule has 0 aliphatic rings. The molecule has 1 heterocycles. The van der Waals surface area contributed by atoms with E-state index in [2.05, 4.69) is 0 Å². The van der Waals surface area contributed by atoms with Crippen molar-refractivity contribution in [3.63, 3.8) is 0 Å². The molecule has 0 fully saturated rings. The quantitative estimate of drug-likeness (QED) is 0.792. The van der Waals surface area contributed by atoms with E-state index in [-0.39, 0.29) is 11.3 Å². The maximum Gasteiger partial charge on any atom is 0.335 e. The van der Waals surface area contributed by atoms with Gasteiger partial charge in [-0.25, -0.2) is 13.8 Å². The van der Waals surface area contributed by atoms with Crippen LogP contribution in [-0.2, 0) is 0 Å².